The van der Waals surface area contributed by atoms with Crippen molar-refractivity contribution in [2.45, 2.75) is 0 Å². The number of rotatable bonds is 6. The lowest BCUT2D eigenvalue weighted by molar-refractivity contribution is -0.133. The van der Waals surface area contributed by atoms with Crippen molar-refractivity contribution in [3.63, 3.8) is 0 Å². The molecule has 4 rings (SSSR count). The molecule has 0 spiro atoms. The molecular formula is C23H22Cl2N4O3. The van der Waals surface area contributed by atoms with Gasteiger partial charge in [0.05, 0.1) is 17.8 Å². The molecule has 0 bridgehead atoms. The molecular weight excluding hydrogens is 451 g/mol. The second-order valence-corrected chi connectivity index (χ2v) is 8.05. The summed E-state index contributed by atoms with van der Waals surface area (Å²) in [4.78, 5) is 16.5. The van der Waals surface area contributed by atoms with Crippen LogP contribution >= 0.6 is 23.2 Å². The maximum atomic E-state index is 12.6. The molecule has 1 aromatic heterocycles. The molecule has 3 aromatic rings. The first kappa shape index (κ1) is 22.2. The van der Waals surface area contributed by atoms with Gasteiger partial charge in [-0.15, -0.1) is 10.2 Å². The van der Waals surface area contributed by atoms with E-state index in [2.05, 4.69) is 15.1 Å². The molecule has 32 heavy (non-hydrogen) atoms. The van der Waals surface area contributed by atoms with Gasteiger partial charge in [0.1, 0.15) is 0 Å². The smallest absolute Gasteiger partial charge is 0.260 e. The molecule has 166 valence electrons. The Kier molecular flexibility index (Phi) is 6.97. The van der Waals surface area contributed by atoms with Gasteiger partial charge in [0, 0.05) is 36.8 Å². The molecule has 2 heterocycles. The maximum Gasteiger partial charge on any atom is 0.260 e. The monoisotopic (exact) mass is 472 g/mol. The number of hydrogen-bond acceptors (Lipinski definition) is 6. The topological polar surface area (TPSA) is 67.8 Å². The maximum absolute atomic E-state index is 12.6. The van der Waals surface area contributed by atoms with E-state index in [9.17, 15) is 4.79 Å². The van der Waals surface area contributed by atoms with Crippen molar-refractivity contribution in [2.24, 2.45) is 0 Å². The summed E-state index contributed by atoms with van der Waals surface area (Å²) in [6, 6.07) is 16.3. The number of nitrogens with zero attached hydrogens (tertiary/aromatic N) is 4. The van der Waals surface area contributed by atoms with Gasteiger partial charge in [-0.25, -0.2) is 0 Å². The van der Waals surface area contributed by atoms with Crippen molar-refractivity contribution >= 4 is 34.9 Å². The summed E-state index contributed by atoms with van der Waals surface area (Å²) in [6.07, 6.45) is 0. The third kappa shape index (κ3) is 5.06. The van der Waals surface area contributed by atoms with Gasteiger partial charge in [-0.2, -0.15) is 0 Å². The Hall–Kier alpha value is -3.03. The molecule has 0 atom stereocenters. The molecule has 1 amide bonds. The highest BCUT2D eigenvalue weighted by Crippen LogP contribution is 2.29. The van der Waals surface area contributed by atoms with Gasteiger partial charge in [-0.3, -0.25) is 4.79 Å². The molecule has 1 saturated heterocycles. The van der Waals surface area contributed by atoms with E-state index in [1.54, 1.807) is 36.3 Å². The van der Waals surface area contributed by atoms with E-state index in [0.29, 0.717) is 53.4 Å². The summed E-state index contributed by atoms with van der Waals surface area (Å²) in [7, 11) is 1.57. The van der Waals surface area contributed by atoms with Gasteiger partial charge in [0.15, 0.2) is 23.9 Å². The minimum Gasteiger partial charge on any atom is -0.493 e. The highest BCUT2D eigenvalue weighted by atomic mass is 35.5. The van der Waals surface area contributed by atoms with Crippen molar-refractivity contribution in [1.29, 1.82) is 0 Å². The molecule has 9 heteroatoms. The number of anilines is 1. The van der Waals surface area contributed by atoms with Gasteiger partial charge < -0.3 is 19.3 Å². The predicted octanol–water partition coefficient (Wildman–Crippen LogP) is 4.19. The van der Waals surface area contributed by atoms with Crippen LogP contribution in [-0.2, 0) is 4.79 Å². The zero-order chi connectivity index (χ0) is 22.5. The number of carbonyl (C=O) groups excluding carboxylic acids is 1. The number of hydrogen-bond donors (Lipinski definition) is 0. The summed E-state index contributed by atoms with van der Waals surface area (Å²) >= 11 is 12.2. The third-order valence-electron chi connectivity index (χ3n) is 5.23. The largest absolute Gasteiger partial charge is 0.493 e. The number of amides is 1. The van der Waals surface area contributed by atoms with Gasteiger partial charge in [0.2, 0.25) is 0 Å². The van der Waals surface area contributed by atoms with Crippen LogP contribution in [0.5, 0.6) is 11.5 Å². The van der Waals surface area contributed by atoms with Crippen LogP contribution in [0.3, 0.4) is 0 Å². The van der Waals surface area contributed by atoms with Crippen LogP contribution in [0.1, 0.15) is 0 Å². The van der Waals surface area contributed by atoms with Crippen LogP contribution in [-0.4, -0.2) is 60.9 Å². The third-order valence-corrected chi connectivity index (χ3v) is 5.78. The standard InChI is InChI=1S/C23H22Cl2N4O3/c1-31-20-4-2-3-5-21(20)32-15-23(30)29-12-10-28(11-13-29)22-9-8-19(26-27-22)17-7-6-16(24)14-18(17)25/h2-9,14H,10-13,15H2,1H3. The average molecular weight is 473 g/mol. The van der Waals surface area contributed by atoms with Gasteiger partial charge in [-0.05, 0) is 42.5 Å². The lowest BCUT2D eigenvalue weighted by Gasteiger charge is -2.35. The second-order valence-electron chi connectivity index (χ2n) is 7.21. The fourth-order valence-corrected chi connectivity index (χ4v) is 3.99. The molecule has 0 N–H and O–H groups in total. The fourth-order valence-electron chi connectivity index (χ4n) is 3.49. The Morgan fingerprint density at radius 3 is 2.38 bits per heavy atom. The summed E-state index contributed by atoms with van der Waals surface area (Å²) < 4.78 is 10.9. The molecule has 1 aliphatic heterocycles. The van der Waals surface area contributed by atoms with E-state index in [1.807, 2.05) is 30.3 Å². The highest BCUT2D eigenvalue weighted by Gasteiger charge is 2.23. The van der Waals surface area contributed by atoms with Crippen molar-refractivity contribution in [3.8, 4) is 22.8 Å². The van der Waals surface area contributed by atoms with Crippen LogP contribution in [0.15, 0.2) is 54.6 Å². The minimum atomic E-state index is -0.0608. The summed E-state index contributed by atoms with van der Waals surface area (Å²) in [5.41, 5.74) is 1.46. The molecule has 1 fully saturated rings. The summed E-state index contributed by atoms with van der Waals surface area (Å²) in [5.74, 6) is 1.86. The van der Waals surface area contributed by atoms with E-state index in [4.69, 9.17) is 32.7 Å². The second kappa shape index (κ2) is 10.1. The van der Waals surface area contributed by atoms with E-state index in [1.165, 1.54) is 0 Å². The average Bonchev–Trinajstić information content (AvgIpc) is 2.83. The Morgan fingerprint density at radius 2 is 1.72 bits per heavy atom. The number of piperazine rings is 1. The van der Waals surface area contributed by atoms with Crippen LogP contribution in [0.2, 0.25) is 10.0 Å². The zero-order valence-corrected chi connectivity index (χ0v) is 19.0. The van der Waals surface area contributed by atoms with Gasteiger partial charge in [-0.1, -0.05) is 35.3 Å². The zero-order valence-electron chi connectivity index (χ0n) is 17.5. The van der Waals surface area contributed by atoms with Gasteiger partial charge in [0.25, 0.3) is 5.91 Å². The molecule has 2 aromatic carbocycles. The normalized spacial score (nSPS) is 13.7. The Labute approximate surface area is 196 Å². The van der Waals surface area contributed by atoms with Gasteiger partial charge >= 0.3 is 0 Å². The number of aromatic nitrogens is 2. The van der Waals surface area contributed by atoms with Crippen molar-refractivity contribution in [2.75, 3.05) is 44.8 Å². The number of carbonyl (C=O) groups is 1. The van der Waals surface area contributed by atoms with E-state index >= 15 is 0 Å². The fraction of sp³-hybridized carbons (Fsp3) is 0.261. The first-order chi connectivity index (χ1) is 15.5. The first-order valence-corrected chi connectivity index (χ1v) is 10.9. The lowest BCUT2D eigenvalue weighted by Crippen LogP contribution is -2.50. The Morgan fingerprint density at radius 1 is 0.969 bits per heavy atom. The molecule has 1 aliphatic rings. The van der Waals surface area contributed by atoms with E-state index in [-0.39, 0.29) is 12.5 Å². The van der Waals surface area contributed by atoms with Crippen LogP contribution in [0.4, 0.5) is 5.82 Å². The van der Waals surface area contributed by atoms with E-state index in [0.717, 1.165) is 11.4 Å². The summed E-state index contributed by atoms with van der Waals surface area (Å²) in [6.45, 7) is 2.46. The first-order valence-electron chi connectivity index (χ1n) is 10.1. The molecule has 0 radical (unpaired) electrons. The van der Waals surface area contributed by atoms with Crippen LogP contribution in [0.25, 0.3) is 11.3 Å². The van der Waals surface area contributed by atoms with Crippen LogP contribution in [0, 0.1) is 0 Å². The number of halogens is 2. The van der Waals surface area contributed by atoms with Crippen molar-refractivity contribution in [1.82, 2.24) is 15.1 Å². The number of para-hydroxylation sites is 2. The van der Waals surface area contributed by atoms with Crippen molar-refractivity contribution < 1.29 is 14.3 Å². The van der Waals surface area contributed by atoms with E-state index < -0.39 is 0 Å². The molecule has 7 nitrogen and oxygen atoms in total. The number of ether oxygens (including phenoxy) is 2. The highest BCUT2D eigenvalue weighted by molar-refractivity contribution is 6.36. The molecule has 0 aliphatic carbocycles. The predicted molar refractivity (Wildman–Crippen MR) is 125 cm³/mol. The summed E-state index contributed by atoms with van der Waals surface area (Å²) in [5, 5.41) is 9.77. The Balaban J connectivity index is 1.32. The minimum absolute atomic E-state index is 0.0310. The quantitative estimate of drug-likeness (QED) is 0.535. The SMILES string of the molecule is COc1ccccc1OCC(=O)N1CCN(c2ccc(-c3ccc(Cl)cc3Cl)nn2)CC1. The Bertz CT molecular complexity index is 1090. The number of benzene rings is 2. The molecule has 0 unspecified atom stereocenters. The molecule has 0 saturated carbocycles. The van der Waals surface area contributed by atoms with Crippen LogP contribution < -0.4 is 14.4 Å². The number of methoxy groups -OCH3 is 1. The van der Waals surface area contributed by atoms with Crippen molar-refractivity contribution in [3.05, 3.63) is 64.6 Å². The lowest BCUT2D eigenvalue weighted by atomic mass is 10.1.